The van der Waals surface area contributed by atoms with Crippen LogP contribution in [0.3, 0.4) is 0 Å². The van der Waals surface area contributed by atoms with Gasteiger partial charge in [0.2, 0.25) is 0 Å². The van der Waals surface area contributed by atoms with Crippen molar-refractivity contribution in [3.05, 3.63) is 183 Å². The maximum atomic E-state index is 5.32. The van der Waals surface area contributed by atoms with Gasteiger partial charge in [-0.2, -0.15) is 0 Å². The van der Waals surface area contributed by atoms with Gasteiger partial charge in [-0.15, -0.1) is 0 Å². The second kappa shape index (κ2) is 14.7. The number of hydrogen-bond donors (Lipinski definition) is 0. The predicted molar refractivity (Wildman–Crippen MR) is 286 cm³/mol. The zero-order valence-corrected chi connectivity index (χ0v) is 37.7. The van der Waals surface area contributed by atoms with Gasteiger partial charge in [-0.1, -0.05) is 18.2 Å². The molecule has 330 valence electrons. The molecule has 0 bridgehead atoms. The third-order valence-electron chi connectivity index (χ3n) is 14.0. The standard InChI is InChI=1S/C60H30N12/c1-7-37-49(61-19-1)52-40(10-4-22-64-52)58-55(37)67-43-16-13-31(28-46(43)70-58)34-25-35(32-14-17-44-47(29-32)71-59-41-11-5-23-65-53(41)50-38(56(59)68-44)8-2-20-62-50)27-36(26-34)33-15-18-45-48(30-33)72-60-42-12-6-24-66-54(42)51-39(57(60)69-45)9-3-21-63-51/h1-30H. The van der Waals surface area contributed by atoms with Crippen LogP contribution in [0.15, 0.2) is 183 Å². The summed E-state index contributed by atoms with van der Waals surface area (Å²) in [5.74, 6) is 0. The minimum atomic E-state index is 0.773. The van der Waals surface area contributed by atoms with Crippen LogP contribution in [-0.4, -0.2) is 59.8 Å². The molecule has 0 aliphatic heterocycles. The summed E-state index contributed by atoms with van der Waals surface area (Å²) in [5, 5.41) is 5.48. The fraction of sp³-hybridized carbons (Fsp3) is 0. The Morgan fingerprint density at radius 2 is 0.403 bits per heavy atom. The molecule has 0 unspecified atom stereocenters. The Hall–Kier alpha value is -10.2. The molecule has 0 radical (unpaired) electrons. The molecule has 0 spiro atoms. The molecular weight excluding hydrogens is 889 g/mol. The van der Waals surface area contributed by atoms with Gasteiger partial charge >= 0.3 is 0 Å². The third-order valence-corrected chi connectivity index (χ3v) is 14.0. The molecule has 0 fully saturated rings. The first kappa shape index (κ1) is 38.7. The predicted octanol–water partition coefficient (Wildman–Crippen LogP) is 13.3. The highest BCUT2D eigenvalue weighted by Gasteiger charge is 2.19. The molecule has 0 aliphatic rings. The van der Waals surface area contributed by atoms with Crippen LogP contribution in [0.1, 0.15) is 0 Å². The maximum Gasteiger partial charge on any atom is 0.0996 e. The van der Waals surface area contributed by atoms with Gasteiger partial charge in [0.25, 0.3) is 0 Å². The SMILES string of the molecule is c1cnc2c(c1)c1nc3ccc(-c4cc(-c5ccc6nc7c8cccnc8c8ncccc8c7nc6c5)cc(-c5ccc6nc7c8cccnc8c8ncccc8c7nc6c5)c4)cc3nc1c1cccnc12. The molecule has 16 aromatic rings. The Kier molecular flexibility index (Phi) is 7.88. The summed E-state index contributed by atoms with van der Waals surface area (Å²) in [6.07, 6.45) is 10.8. The Morgan fingerprint density at radius 3 is 0.639 bits per heavy atom. The van der Waals surface area contributed by atoms with Crippen molar-refractivity contribution >= 4 is 132 Å². The van der Waals surface area contributed by atoms with Crippen molar-refractivity contribution in [2.75, 3.05) is 0 Å². The van der Waals surface area contributed by atoms with Crippen LogP contribution in [0.2, 0.25) is 0 Å². The molecular formula is C60H30N12. The molecule has 9 aromatic heterocycles. The average Bonchev–Trinajstić information content (AvgIpc) is 3.45. The second-order valence-corrected chi connectivity index (χ2v) is 18.1. The lowest BCUT2D eigenvalue weighted by Crippen LogP contribution is -1.95. The average molecular weight is 919 g/mol. The highest BCUT2D eigenvalue weighted by Crippen LogP contribution is 2.39. The topological polar surface area (TPSA) is 155 Å². The zero-order chi connectivity index (χ0) is 47.0. The number of rotatable bonds is 3. The molecule has 0 atom stereocenters. The Morgan fingerprint density at radius 1 is 0.181 bits per heavy atom. The number of benzene rings is 7. The largest absolute Gasteiger partial charge is 0.254 e. The lowest BCUT2D eigenvalue weighted by Gasteiger charge is -2.14. The fourth-order valence-electron chi connectivity index (χ4n) is 10.7. The van der Waals surface area contributed by atoms with Gasteiger partial charge < -0.3 is 0 Å². The fourth-order valence-corrected chi connectivity index (χ4v) is 10.7. The monoisotopic (exact) mass is 918 g/mol. The molecule has 7 aromatic carbocycles. The van der Waals surface area contributed by atoms with Crippen LogP contribution in [0.5, 0.6) is 0 Å². The highest BCUT2D eigenvalue weighted by atomic mass is 14.9. The van der Waals surface area contributed by atoms with Gasteiger partial charge in [0.05, 0.1) is 99.3 Å². The lowest BCUT2D eigenvalue weighted by atomic mass is 9.92. The first-order chi connectivity index (χ1) is 35.6. The van der Waals surface area contributed by atoms with Crippen LogP contribution >= 0.6 is 0 Å². The van der Waals surface area contributed by atoms with E-state index in [0.717, 1.165) is 165 Å². The number of nitrogens with zero attached hydrogens (tertiary/aromatic N) is 12. The smallest absolute Gasteiger partial charge is 0.0996 e. The van der Waals surface area contributed by atoms with Gasteiger partial charge in [-0.05, 0) is 161 Å². The van der Waals surface area contributed by atoms with Gasteiger partial charge in [-0.3, -0.25) is 29.9 Å². The second-order valence-electron chi connectivity index (χ2n) is 18.1. The number of pyridine rings is 6. The van der Waals surface area contributed by atoms with Gasteiger partial charge in [0.1, 0.15) is 0 Å². The normalized spacial score (nSPS) is 12.2. The zero-order valence-electron chi connectivity index (χ0n) is 37.7. The first-order valence-electron chi connectivity index (χ1n) is 23.5. The van der Waals surface area contributed by atoms with E-state index in [9.17, 15) is 0 Å². The first-order valence-corrected chi connectivity index (χ1v) is 23.5. The molecule has 0 aliphatic carbocycles. The van der Waals surface area contributed by atoms with Crippen LogP contribution in [0, 0.1) is 0 Å². The molecule has 0 saturated carbocycles. The summed E-state index contributed by atoms with van der Waals surface area (Å²) in [6.45, 7) is 0. The molecule has 9 heterocycles. The molecule has 0 saturated heterocycles. The minimum absolute atomic E-state index is 0.773. The summed E-state index contributed by atoms with van der Waals surface area (Å²) < 4.78 is 0. The summed E-state index contributed by atoms with van der Waals surface area (Å²) >= 11 is 0. The number of fused-ring (bicyclic) bond motifs is 21. The third kappa shape index (κ3) is 5.68. The van der Waals surface area contributed by atoms with Crippen LogP contribution in [0.4, 0.5) is 0 Å². The molecule has 72 heavy (non-hydrogen) atoms. The van der Waals surface area contributed by atoms with E-state index in [1.807, 2.05) is 72.8 Å². The van der Waals surface area contributed by atoms with E-state index in [-0.39, 0.29) is 0 Å². The molecule has 0 N–H and O–H groups in total. The van der Waals surface area contributed by atoms with Crippen molar-refractivity contribution < 1.29 is 0 Å². The molecule has 16 rings (SSSR count). The van der Waals surface area contributed by atoms with Crippen molar-refractivity contribution in [3.8, 4) is 33.4 Å². The van der Waals surface area contributed by atoms with E-state index in [1.165, 1.54) is 0 Å². The van der Waals surface area contributed by atoms with E-state index >= 15 is 0 Å². The van der Waals surface area contributed by atoms with Crippen molar-refractivity contribution in [1.82, 2.24) is 59.8 Å². The molecule has 12 heteroatoms. The molecule has 0 amide bonds. The highest BCUT2D eigenvalue weighted by molar-refractivity contribution is 6.23. The van der Waals surface area contributed by atoms with Crippen LogP contribution in [0.25, 0.3) is 165 Å². The summed E-state index contributed by atoms with van der Waals surface area (Å²) in [4.78, 5) is 60.0. The lowest BCUT2D eigenvalue weighted by molar-refractivity contribution is 1.36. The number of aromatic nitrogens is 12. The van der Waals surface area contributed by atoms with Crippen molar-refractivity contribution in [2.45, 2.75) is 0 Å². The summed E-state index contributed by atoms with van der Waals surface area (Å²) in [5.41, 5.74) is 20.2. The van der Waals surface area contributed by atoms with E-state index < -0.39 is 0 Å². The quantitative estimate of drug-likeness (QED) is 0.122. The minimum Gasteiger partial charge on any atom is -0.254 e. The van der Waals surface area contributed by atoms with Gasteiger partial charge in [-0.25, -0.2) is 29.9 Å². The van der Waals surface area contributed by atoms with E-state index in [4.69, 9.17) is 59.8 Å². The van der Waals surface area contributed by atoms with Crippen LogP contribution < -0.4 is 0 Å². The van der Waals surface area contributed by atoms with Crippen LogP contribution in [-0.2, 0) is 0 Å². The Labute approximate surface area is 405 Å². The number of hydrogen-bond acceptors (Lipinski definition) is 12. The van der Waals surface area contributed by atoms with E-state index in [0.29, 0.717) is 0 Å². The van der Waals surface area contributed by atoms with Gasteiger partial charge in [0.15, 0.2) is 0 Å². The van der Waals surface area contributed by atoms with Crippen molar-refractivity contribution in [1.29, 1.82) is 0 Å². The summed E-state index contributed by atoms with van der Waals surface area (Å²) in [7, 11) is 0. The van der Waals surface area contributed by atoms with E-state index in [2.05, 4.69) is 72.8 Å². The summed E-state index contributed by atoms with van der Waals surface area (Å²) in [6, 6.07) is 49.5. The molecule has 12 nitrogen and oxygen atoms in total. The Bertz CT molecular complexity index is 4560. The maximum absolute atomic E-state index is 5.32. The Balaban J connectivity index is 0.913. The van der Waals surface area contributed by atoms with Crippen molar-refractivity contribution in [2.24, 2.45) is 0 Å². The van der Waals surface area contributed by atoms with Gasteiger partial charge in [0, 0.05) is 69.5 Å². The van der Waals surface area contributed by atoms with E-state index in [1.54, 1.807) is 37.2 Å². The van der Waals surface area contributed by atoms with Crippen molar-refractivity contribution in [3.63, 3.8) is 0 Å².